The fourth-order valence-electron chi connectivity index (χ4n) is 3.29. The predicted octanol–water partition coefficient (Wildman–Crippen LogP) is 5.24. The quantitative estimate of drug-likeness (QED) is 0.405. The van der Waals surface area contributed by atoms with E-state index in [1.54, 1.807) is 11.3 Å². The average Bonchev–Trinajstić information content (AvgIpc) is 3.46. The molecule has 0 saturated carbocycles. The van der Waals surface area contributed by atoms with Gasteiger partial charge in [-0.05, 0) is 40.3 Å². The van der Waals surface area contributed by atoms with Gasteiger partial charge < -0.3 is 14.6 Å². The van der Waals surface area contributed by atoms with Crippen molar-refractivity contribution < 1.29 is 9.53 Å². The van der Waals surface area contributed by atoms with Crippen LogP contribution in [0.1, 0.15) is 32.1 Å². The molecule has 2 aromatic heterocycles. The molecule has 4 nitrogen and oxygen atoms in total. The molecule has 2 aromatic carbocycles. The summed E-state index contributed by atoms with van der Waals surface area (Å²) in [5.41, 5.74) is 3.98. The van der Waals surface area contributed by atoms with Crippen LogP contribution < -0.4 is 5.32 Å². The first-order valence-corrected chi connectivity index (χ1v) is 10.8. The molecule has 0 bridgehead atoms. The summed E-state index contributed by atoms with van der Waals surface area (Å²) in [4.78, 5) is 13.9. The lowest BCUT2D eigenvalue weighted by atomic mass is 10.1. The van der Waals surface area contributed by atoms with Crippen LogP contribution in [-0.4, -0.2) is 10.5 Å². The highest BCUT2D eigenvalue weighted by Gasteiger charge is 2.11. The number of carbonyl (C=O) groups excluding carboxylic acids is 1. The van der Waals surface area contributed by atoms with Gasteiger partial charge in [-0.2, -0.15) is 0 Å². The van der Waals surface area contributed by atoms with Crippen molar-refractivity contribution in [2.75, 3.05) is 0 Å². The van der Waals surface area contributed by atoms with Gasteiger partial charge in [-0.25, -0.2) is 0 Å². The van der Waals surface area contributed by atoms with E-state index in [1.807, 2.05) is 65.4 Å². The molecule has 0 radical (unpaired) electrons. The number of hydrogen-bond acceptors (Lipinski definition) is 3. The molecule has 0 aliphatic rings. The zero-order chi connectivity index (χ0) is 20.6. The van der Waals surface area contributed by atoms with Crippen molar-refractivity contribution in [3.63, 3.8) is 0 Å². The second kappa shape index (κ2) is 10.1. The molecule has 0 saturated heterocycles. The van der Waals surface area contributed by atoms with E-state index in [1.165, 1.54) is 4.88 Å². The van der Waals surface area contributed by atoms with Gasteiger partial charge in [-0.15, -0.1) is 11.3 Å². The summed E-state index contributed by atoms with van der Waals surface area (Å²) in [5, 5.41) is 5.08. The second-order valence-electron chi connectivity index (χ2n) is 7.08. The summed E-state index contributed by atoms with van der Waals surface area (Å²) >= 11 is 1.69. The number of hydrogen-bond donors (Lipinski definition) is 1. The molecule has 0 aliphatic carbocycles. The fourth-order valence-corrected chi connectivity index (χ4v) is 3.99. The lowest BCUT2D eigenvalue weighted by Crippen LogP contribution is -2.25. The van der Waals surface area contributed by atoms with Crippen molar-refractivity contribution in [1.29, 1.82) is 0 Å². The first-order valence-electron chi connectivity index (χ1n) is 9.93. The molecule has 0 fully saturated rings. The van der Waals surface area contributed by atoms with Crippen molar-refractivity contribution in [1.82, 2.24) is 9.88 Å². The van der Waals surface area contributed by atoms with E-state index in [9.17, 15) is 4.79 Å². The normalized spacial score (nSPS) is 10.8. The van der Waals surface area contributed by atoms with E-state index in [0.29, 0.717) is 32.0 Å². The Labute approximate surface area is 180 Å². The van der Waals surface area contributed by atoms with Gasteiger partial charge in [0.1, 0.15) is 5.69 Å². The summed E-state index contributed by atoms with van der Waals surface area (Å²) in [6.45, 7) is 2.32. The van der Waals surface area contributed by atoms with Crippen molar-refractivity contribution in [3.8, 4) is 0 Å². The Bertz CT molecular complexity index is 1070. The highest BCUT2D eigenvalue weighted by Crippen LogP contribution is 2.14. The van der Waals surface area contributed by atoms with Crippen LogP contribution in [0.4, 0.5) is 0 Å². The van der Waals surface area contributed by atoms with Crippen LogP contribution in [0.25, 0.3) is 0 Å². The number of benzene rings is 2. The predicted molar refractivity (Wildman–Crippen MR) is 120 cm³/mol. The molecule has 152 valence electrons. The fraction of sp³-hybridized carbons (Fsp3) is 0.160. The molecule has 2 heterocycles. The third-order valence-corrected chi connectivity index (χ3v) is 5.65. The molecule has 0 atom stereocenters. The second-order valence-corrected chi connectivity index (χ2v) is 8.11. The molecule has 4 rings (SSSR count). The van der Waals surface area contributed by atoms with Gasteiger partial charge in [0.15, 0.2) is 0 Å². The van der Waals surface area contributed by atoms with E-state index in [4.69, 9.17) is 4.74 Å². The first kappa shape index (κ1) is 20.1. The highest BCUT2D eigenvalue weighted by atomic mass is 32.1. The number of amides is 1. The Morgan fingerprint density at radius 3 is 2.50 bits per heavy atom. The van der Waals surface area contributed by atoms with E-state index in [2.05, 4.69) is 35.0 Å². The molecule has 0 unspecified atom stereocenters. The molecule has 4 aromatic rings. The Hall–Kier alpha value is -3.15. The van der Waals surface area contributed by atoms with E-state index >= 15 is 0 Å². The topological polar surface area (TPSA) is 43.3 Å². The van der Waals surface area contributed by atoms with Crippen molar-refractivity contribution in [2.45, 2.75) is 26.3 Å². The van der Waals surface area contributed by atoms with E-state index < -0.39 is 0 Å². The number of thiophene rings is 1. The standard InChI is InChI=1S/C25H24N2O2S/c28-25(24-12-5-13-27(24)17-23-11-6-14-30-23)26-16-21-9-4-10-22(15-21)19-29-18-20-7-2-1-3-8-20/h1-15H,16-19H2,(H,26,28). The van der Waals surface area contributed by atoms with Crippen LogP contribution in [0.3, 0.4) is 0 Å². The summed E-state index contributed by atoms with van der Waals surface area (Å²) in [6, 6.07) is 26.2. The van der Waals surface area contributed by atoms with Crippen LogP contribution >= 0.6 is 11.3 Å². The monoisotopic (exact) mass is 416 g/mol. The highest BCUT2D eigenvalue weighted by molar-refractivity contribution is 7.09. The Morgan fingerprint density at radius 1 is 0.867 bits per heavy atom. The zero-order valence-corrected chi connectivity index (χ0v) is 17.5. The lowest BCUT2D eigenvalue weighted by molar-refractivity contribution is 0.0942. The third kappa shape index (κ3) is 5.47. The molecule has 0 aliphatic heterocycles. The van der Waals surface area contributed by atoms with Gasteiger partial charge in [0.2, 0.25) is 0 Å². The molecule has 1 N–H and O–H groups in total. The molecule has 30 heavy (non-hydrogen) atoms. The van der Waals surface area contributed by atoms with Crippen LogP contribution in [-0.2, 0) is 31.0 Å². The average molecular weight is 417 g/mol. The molecular formula is C25H24N2O2S. The van der Waals surface area contributed by atoms with Crippen molar-refractivity contribution >= 4 is 17.2 Å². The lowest BCUT2D eigenvalue weighted by Gasteiger charge is -2.10. The Morgan fingerprint density at radius 2 is 1.67 bits per heavy atom. The minimum Gasteiger partial charge on any atom is -0.372 e. The van der Waals surface area contributed by atoms with Gasteiger partial charge in [0.05, 0.1) is 19.8 Å². The van der Waals surface area contributed by atoms with Gasteiger partial charge in [-0.3, -0.25) is 4.79 Å². The minimum absolute atomic E-state index is 0.0673. The smallest absolute Gasteiger partial charge is 0.268 e. The van der Waals surface area contributed by atoms with Crippen LogP contribution in [0, 0.1) is 0 Å². The maximum absolute atomic E-state index is 12.7. The first-order chi connectivity index (χ1) is 14.8. The molecular weight excluding hydrogens is 392 g/mol. The summed E-state index contributed by atoms with van der Waals surface area (Å²) in [5.74, 6) is -0.0673. The molecule has 1 amide bonds. The van der Waals surface area contributed by atoms with E-state index in [0.717, 1.165) is 16.7 Å². The number of nitrogens with zero attached hydrogens (tertiary/aromatic N) is 1. The zero-order valence-electron chi connectivity index (χ0n) is 16.7. The number of rotatable bonds is 9. The van der Waals surface area contributed by atoms with Crippen LogP contribution in [0.2, 0.25) is 0 Å². The number of aromatic nitrogens is 1. The number of nitrogens with one attached hydrogen (secondary N) is 1. The largest absolute Gasteiger partial charge is 0.372 e. The molecule has 0 spiro atoms. The maximum Gasteiger partial charge on any atom is 0.268 e. The van der Waals surface area contributed by atoms with Crippen LogP contribution in [0.5, 0.6) is 0 Å². The van der Waals surface area contributed by atoms with Gasteiger partial charge in [0, 0.05) is 17.6 Å². The van der Waals surface area contributed by atoms with Gasteiger partial charge in [0.25, 0.3) is 5.91 Å². The number of carbonyl (C=O) groups is 1. The maximum atomic E-state index is 12.7. The summed E-state index contributed by atoms with van der Waals surface area (Å²) < 4.78 is 7.80. The van der Waals surface area contributed by atoms with Gasteiger partial charge in [-0.1, -0.05) is 60.7 Å². The van der Waals surface area contributed by atoms with E-state index in [-0.39, 0.29) is 5.91 Å². The Balaban J connectivity index is 1.30. The summed E-state index contributed by atoms with van der Waals surface area (Å²) in [6.07, 6.45) is 1.94. The third-order valence-electron chi connectivity index (χ3n) is 4.79. The summed E-state index contributed by atoms with van der Waals surface area (Å²) in [7, 11) is 0. The number of ether oxygens (including phenoxy) is 1. The van der Waals surface area contributed by atoms with Gasteiger partial charge >= 0.3 is 0 Å². The van der Waals surface area contributed by atoms with Crippen molar-refractivity contribution in [3.05, 3.63) is 118 Å². The van der Waals surface area contributed by atoms with Crippen LogP contribution in [0.15, 0.2) is 90.4 Å². The molecule has 5 heteroatoms. The van der Waals surface area contributed by atoms with Crippen molar-refractivity contribution in [2.24, 2.45) is 0 Å². The minimum atomic E-state index is -0.0673. The SMILES string of the molecule is O=C(NCc1cccc(COCc2ccccc2)c1)c1cccn1Cc1cccs1. The Kier molecular flexibility index (Phi) is 6.75.